The summed E-state index contributed by atoms with van der Waals surface area (Å²) >= 11 is 10.8. The highest BCUT2D eigenvalue weighted by Crippen LogP contribution is 2.20. The Balaban J connectivity index is 2.44. The Hall–Kier alpha value is -1.72. The normalized spacial score (nSPS) is 10.2. The van der Waals surface area contributed by atoms with E-state index in [1.807, 2.05) is 12.1 Å². The van der Waals surface area contributed by atoms with Crippen LogP contribution in [-0.4, -0.2) is 22.5 Å². The fraction of sp³-hybridized carbons (Fsp3) is 0.154. The van der Waals surface area contributed by atoms with Gasteiger partial charge < -0.3 is 9.72 Å². The molecule has 0 aliphatic carbocycles. The van der Waals surface area contributed by atoms with Crippen LogP contribution in [0.4, 0.5) is 0 Å². The summed E-state index contributed by atoms with van der Waals surface area (Å²) in [5.41, 5.74) is 1.71. The van der Waals surface area contributed by atoms with E-state index in [-0.39, 0.29) is 10.5 Å². The molecule has 6 heteroatoms. The lowest BCUT2D eigenvalue weighted by Crippen LogP contribution is -2.08. The second kappa shape index (κ2) is 5.95. The predicted molar refractivity (Wildman–Crippen MR) is 75.8 cm³/mol. The van der Waals surface area contributed by atoms with Crippen molar-refractivity contribution < 1.29 is 9.53 Å². The maximum atomic E-state index is 11.7. The number of carbonyl (C=O) groups is 1. The van der Waals surface area contributed by atoms with Crippen LogP contribution >= 0.6 is 23.8 Å². The number of ether oxygens (including phenoxy) is 1. The number of halogens is 1. The summed E-state index contributed by atoms with van der Waals surface area (Å²) in [7, 11) is 0. The van der Waals surface area contributed by atoms with Gasteiger partial charge in [-0.2, -0.15) is 0 Å². The molecule has 0 fully saturated rings. The molecule has 0 spiro atoms. The lowest BCUT2D eigenvalue weighted by atomic mass is 10.1. The Morgan fingerprint density at radius 3 is 2.74 bits per heavy atom. The summed E-state index contributed by atoms with van der Waals surface area (Å²) in [6.45, 7) is 2.05. The molecule has 1 heterocycles. The van der Waals surface area contributed by atoms with E-state index in [0.717, 1.165) is 5.56 Å². The quantitative estimate of drug-likeness (QED) is 0.693. The van der Waals surface area contributed by atoms with Crippen molar-refractivity contribution in [3.05, 3.63) is 45.8 Å². The molecule has 1 aromatic heterocycles. The second-order valence-electron chi connectivity index (χ2n) is 3.71. The number of aromatic amines is 1. The molecule has 2 rings (SSSR count). The van der Waals surface area contributed by atoms with Gasteiger partial charge in [0.05, 0.1) is 12.3 Å². The largest absolute Gasteiger partial charge is 0.461 e. The van der Waals surface area contributed by atoms with Crippen LogP contribution in [0.25, 0.3) is 11.3 Å². The molecule has 4 nitrogen and oxygen atoms in total. The number of H-pyrrole nitrogens is 1. The summed E-state index contributed by atoms with van der Waals surface area (Å²) in [6.07, 6.45) is 0. The van der Waals surface area contributed by atoms with Gasteiger partial charge in [0.15, 0.2) is 4.77 Å². The first kappa shape index (κ1) is 13.7. The van der Waals surface area contributed by atoms with E-state index in [1.54, 1.807) is 25.1 Å². The summed E-state index contributed by atoms with van der Waals surface area (Å²) in [6, 6.07) is 8.74. The molecule has 0 radical (unpaired) electrons. The van der Waals surface area contributed by atoms with Gasteiger partial charge in [-0.25, -0.2) is 9.78 Å². The van der Waals surface area contributed by atoms with Crippen molar-refractivity contribution >= 4 is 29.8 Å². The van der Waals surface area contributed by atoms with Crippen LogP contribution in [0.2, 0.25) is 5.02 Å². The zero-order valence-corrected chi connectivity index (χ0v) is 11.7. The SMILES string of the molecule is CCOC(=O)c1cc(-c2ccc(Cl)cc2)nc(=S)[nH]1. The number of carbonyl (C=O) groups excluding carboxylic acids is 1. The minimum atomic E-state index is -0.453. The molecular weight excluding hydrogens is 284 g/mol. The Morgan fingerprint density at radius 2 is 2.11 bits per heavy atom. The van der Waals surface area contributed by atoms with Gasteiger partial charge in [0.1, 0.15) is 5.69 Å². The molecule has 0 saturated carbocycles. The zero-order chi connectivity index (χ0) is 13.8. The molecule has 1 aromatic carbocycles. The molecule has 0 bridgehead atoms. The van der Waals surface area contributed by atoms with Gasteiger partial charge in [0.25, 0.3) is 0 Å². The summed E-state index contributed by atoms with van der Waals surface area (Å²) < 4.78 is 5.16. The van der Waals surface area contributed by atoms with Crippen molar-refractivity contribution in [3.8, 4) is 11.3 Å². The monoisotopic (exact) mass is 294 g/mol. The lowest BCUT2D eigenvalue weighted by Gasteiger charge is -2.05. The average Bonchev–Trinajstić information content (AvgIpc) is 2.39. The lowest BCUT2D eigenvalue weighted by molar-refractivity contribution is 0.0519. The van der Waals surface area contributed by atoms with E-state index >= 15 is 0 Å². The molecule has 0 aliphatic heterocycles. The molecule has 0 amide bonds. The highest BCUT2D eigenvalue weighted by atomic mass is 35.5. The first-order chi connectivity index (χ1) is 9.10. The van der Waals surface area contributed by atoms with Gasteiger partial charge in [0.2, 0.25) is 0 Å². The molecule has 0 aliphatic rings. The maximum absolute atomic E-state index is 11.7. The van der Waals surface area contributed by atoms with Crippen LogP contribution in [0, 0.1) is 4.77 Å². The van der Waals surface area contributed by atoms with Gasteiger partial charge in [-0.05, 0) is 37.3 Å². The number of hydrogen-bond donors (Lipinski definition) is 1. The van der Waals surface area contributed by atoms with Crippen molar-refractivity contribution in [3.63, 3.8) is 0 Å². The maximum Gasteiger partial charge on any atom is 0.354 e. The smallest absolute Gasteiger partial charge is 0.354 e. The fourth-order valence-corrected chi connectivity index (χ4v) is 1.88. The standard InChI is InChI=1S/C13H11ClN2O2S/c1-2-18-12(17)11-7-10(15-13(19)16-11)8-3-5-9(14)6-4-8/h3-7H,2H2,1H3,(H,15,16,19). The van der Waals surface area contributed by atoms with Gasteiger partial charge in [-0.15, -0.1) is 0 Å². The first-order valence-corrected chi connectivity index (χ1v) is 6.43. The van der Waals surface area contributed by atoms with Crippen LogP contribution in [-0.2, 0) is 4.74 Å². The molecule has 0 atom stereocenters. The van der Waals surface area contributed by atoms with Crippen molar-refractivity contribution in [1.82, 2.24) is 9.97 Å². The Labute approximate surface area is 120 Å². The number of esters is 1. The summed E-state index contributed by atoms with van der Waals surface area (Å²) in [5, 5.41) is 0.635. The topological polar surface area (TPSA) is 55.0 Å². The van der Waals surface area contributed by atoms with Gasteiger partial charge >= 0.3 is 5.97 Å². The first-order valence-electron chi connectivity index (χ1n) is 5.64. The zero-order valence-electron chi connectivity index (χ0n) is 10.1. The molecule has 19 heavy (non-hydrogen) atoms. The van der Waals surface area contributed by atoms with Crippen LogP contribution in [0.1, 0.15) is 17.4 Å². The van der Waals surface area contributed by atoms with Crippen molar-refractivity contribution in [1.29, 1.82) is 0 Å². The number of nitrogens with one attached hydrogen (secondary N) is 1. The van der Waals surface area contributed by atoms with Crippen LogP contribution in [0.5, 0.6) is 0 Å². The molecular formula is C13H11ClN2O2S. The second-order valence-corrected chi connectivity index (χ2v) is 4.54. The summed E-state index contributed by atoms with van der Waals surface area (Å²) in [5.74, 6) is -0.453. The number of benzene rings is 1. The summed E-state index contributed by atoms with van der Waals surface area (Å²) in [4.78, 5) is 18.6. The number of rotatable bonds is 3. The minimum Gasteiger partial charge on any atom is -0.461 e. The Bertz CT molecular complexity index is 652. The highest BCUT2D eigenvalue weighted by molar-refractivity contribution is 7.71. The van der Waals surface area contributed by atoms with Crippen molar-refractivity contribution in [2.24, 2.45) is 0 Å². The van der Waals surface area contributed by atoms with Gasteiger partial charge in [-0.3, -0.25) is 0 Å². The fourth-order valence-electron chi connectivity index (χ4n) is 1.54. The molecule has 1 N–H and O–H groups in total. The average molecular weight is 295 g/mol. The van der Waals surface area contributed by atoms with Crippen molar-refractivity contribution in [2.75, 3.05) is 6.61 Å². The Kier molecular flexibility index (Phi) is 4.29. The van der Waals surface area contributed by atoms with E-state index in [1.165, 1.54) is 0 Å². The van der Waals surface area contributed by atoms with Gasteiger partial charge in [-0.1, -0.05) is 23.7 Å². The van der Waals surface area contributed by atoms with E-state index in [4.69, 9.17) is 28.6 Å². The van der Waals surface area contributed by atoms with Gasteiger partial charge in [0, 0.05) is 10.6 Å². The van der Waals surface area contributed by atoms with E-state index < -0.39 is 5.97 Å². The third-order valence-corrected chi connectivity index (χ3v) is 2.83. The van der Waals surface area contributed by atoms with Crippen LogP contribution in [0.15, 0.2) is 30.3 Å². The Morgan fingerprint density at radius 1 is 1.42 bits per heavy atom. The number of aromatic nitrogens is 2. The van der Waals surface area contributed by atoms with E-state index in [2.05, 4.69) is 9.97 Å². The minimum absolute atomic E-state index is 0.232. The van der Waals surface area contributed by atoms with E-state index in [0.29, 0.717) is 17.3 Å². The van der Waals surface area contributed by atoms with Crippen LogP contribution in [0.3, 0.4) is 0 Å². The van der Waals surface area contributed by atoms with Crippen molar-refractivity contribution in [2.45, 2.75) is 6.92 Å². The third kappa shape index (κ3) is 3.39. The molecule has 0 saturated heterocycles. The number of hydrogen-bond acceptors (Lipinski definition) is 4. The molecule has 98 valence electrons. The van der Waals surface area contributed by atoms with E-state index in [9.17, 15) is 4.79 Å². The van der Waals surface area contributed by atoms with Crippen LogP contribution < -0.4 is 0 Å². The molecule has 2 aromatic rings. The molecule has 0 unspecified atom stereocenters. The predicted octanol–water partition coefficient (Wildman–Crippen LogP) is 3.64. The number of nitrogens with zero attached hydrogens (tertiary/aromatic N) is 1. The highest BCUT2D eigenvalue weighted by Gasteiger charge is 2.10. The third-order valence-electron chi connectivity index (χ3n) is 2.38.